The van der Waals surface area contributed by atoms with E-state index in [0.717, 1.165) is 60.4 Å². The minimum absolute atomic E-state index is 0.0774. The second-order valence-electron chi connectivity index (χ2n) is 7.50. The molecule has 0 aliphatic carbocycles. The highest BCUT2D eigenvalue weighted by Crippen LogP contribution is 2.30. The lowest BCUT2D eigenvalue weighted by Crippen LogP contribution is -2.44. The number of hydrogen-bond acceptors (Lipinski definition) is 7. The Kier molecular flexibility index (Phi) is 6.11. The maximum absolute atomic E-state index is 12.8. The van der Waals surface area contributed by atoms with Gasteiger partial charge >= 0.3 is 0 Å². The summed E-state index contributed by atoms with van der Waals surface area (Å²) in [6.07, 6.45) is 4.78. The molecule has 8 nitrogen and oxygen atoms in total. The van der Waals surface area contributed by atoms with E-state index >= 15 is 0 Å². The standard InChI is InChI=1S/C22H27N5O3/c1-3-17-19-20(24-14-25-22(19)30-26-17)27-12-6-8-16(13-27)21(28)23-11-10-15-7-4-5-9-18(15)29-2/h4-5,7,9,14,16H,3,6,8,10-13H2,1-2H3,(H,23,28)/t16-/m1/s1. The summed E-state index contributed by atoms with van der Waals surface area (Å²) in [5, 5.41) is 8.07. The number of nitrogens with zero attached hydrogens (tertiary/aromatic N) is 4. The predicted molar refractivity (Wildman–Crippen MR) is 114 cm³/mol. The Bertz CT molecular complexity index is 1020. The van der Waals surface area contributed by atoms with Crippen LogP contribution in [0.1, 0.15) is 31.0 Å². The van der Waals surface area contributed by atoms with Crippen LogP contribution in [-0.2, 0) is 17.6 Å². The molecule has 1 saturated heterocycles. The molecule has 0 bridgehead atoms. The lowest BCUT2D eigenvalue weighted by molar-refractivity contribution is -0.125. The number of carbonyl (C=O) groups is 1. The van der Waals surface area contributed by atoms with Gasteiger partial charge in [-0.25, -0.2) is 4.98 Å². The van der Waals surface area contributed by atoms with Crippen molar-refractivity contribution in [2.75, 3.05) is 31.6 Å². The van der Waals surface area contributed by atoms with Crippen LogP contribution >= 0.6 is 0 Å². The molecule has 0 spiro atoms. The van der Waals surface area contributed by atoms with E-state index in [4.69, 9.17) is 9.26 Å². The highest BCUT2D eigenvalue weighted by atomic mass is 16.5. The number of nitrogens with one attached hydrogen (secondary N) is 1. The van der Waals surface area contributed by atoms with E-state index in [1.54, 1.807) is 7.11 Å². The average molecular weight is 409 g/mol. The number of hydrogen-bond donors (Lipinski definition) is 1. The Hall–Kier alpha value is -3.16. The Morgan fingerprint density at radius 3 is 3.03 bits per heavy atom. The van der Waals surface area contributed by atoms with Gasteiger partial charge in [0.2, 0.25) is 5.91 Å². The molecule has 1 aliphatic rings. The Labute approximate surface area is 175 Å². The summed E-state index contributed by atoms with van der Waals surface area (Å²) in [5.74, 6) is 1.67. The maximum Gasteiger partial charge on any atom is 0.263 e. The van der Waals surface area contributed by atoms with Crippen LogP contribution in [0.25, 0.3) is 11.1 Å². The van der Waals surface area contributed by atoms with Crippen LogP contribution in [0.5, 0.6) is 5.75 Å². The minimum Gasteiger partial charge on any atom is -0.496 e. The summed E-state index contributed by atoms with van der Waals surface area (Å²) in [6, 6.07) is 7.89. The molecule has 1 atom stereocenters. The highest BCUT2D eigenvalue weighted by molar-refractivity contribution is 5.88. The van der Waals surface area contributed by atoms with Gasteiger partial charge in [-0.15, -0.1) is 0 Å². The second-order valence-corrected chi connectivity index (χ2v) is 7.50. The molecule has 3 heterocycles. The Balaban J connectivity index is 1.40. The van der Waals surface area contributed by atoms with Crippen LogP contribution in [-0.4, -0.2) is 47.8 Å². The number of aryl methyl sites for hydroxylation is 1. The van der Waals surface area contributed by atoms with Crippen LogP contribution < -0.4 is 15.0 Å². The molecule has 8 heteroatoms. The van der Waals surface area contributed by atoms with Gasteiger partial charge in [-0.2, -0.15) is 4.98 Å². The molecule has 1 N–H and O–H groups in total. The van der Waals surface area contributed by atoms with E-state index in [2.05, 4.69) is 25.3 Å². The first-order valence-electron chi connectivity index (χ1n) is 10.4. The molecule has 1 amide bonds. The molecule has 3 aromatic rings. The number of piperidine rings is 1. The lowest BCUT2D eigenvalue weighted by Gasteiger charge is -2.33. The molecule has 0 saturated carbocycles. The number of ether oxygens (including phenoxy) is 1. The van der Waals surface area contributed by atoms with Crippen molar-refractivity contribution >= 4 is 22.8 Å². The number of aromatic nitrogens is 3. The average Bonchev–Trinajstić information content (AvgIpc) is 3.23. The third-order valence-electron chi connectivity index (χ3n) is 5.64. The van der Waals surface area contributed by atoms with E-state index in [9.17, 15) is 4.79 Å². The van der Waals surface area contributed by atoms with Crippen molar-refractivity contribution in [2.24, 2.45) is 5.92 Å². The molecule has 0 radical (unpaired) electrons. The van der Waals surface area contributed by atoms with Crippen molar-refractivity contribution < 1.29 is 14.1 Å². The largest absolute Gasteiger partial charge is 0.496 e. The van der Waals surface area contributed by atoms with Crippen molar-refractivity contribution in [3.8, 4) is 5.75 Å². The van der Waals surface area contributed by atoms with Crippen LogP contribution in [0.15, 0.2) is 35.1 Å². The van der Waals surface area contributed by atoms with Crippen LogP contribution in [0, 0.1) is 5.92 Å². The summed E-state index contributed by atoms with van der Waals surface area (Å²) in [7, 11) is 1.66. The van der Waals surface area contributed by atoms with Gasteiger partial charge in [-0.1, -0.05) is 30.3 Å². The SMILES string of the molecule is CCc1noc2ncnc(N3CCC[C@@H](C(=O)NCCc4ccccc4OC)C3)c12. The van der Waals surface area contributed by atoms with Crippen molar-refractivity contribution in [3.05, 3.63) is 41.9 Å². The third-order valence-corrected chi connectivity index (χ3v) is 5.64. The molecule has 158 valence electrons. The molecule has 30 heavy (non-hydrogen) atoms. The molecule has 1 aliphatic heterocycles. The minimum atomic E-state index is -0.0774. The summed E-state index contributed by atoms with van der Waals surface area (Å²) in [6.45, 7) is 4.09. The summed E-state index contributed by atoms with van der Waals surface area (Å²) in [4.78, 5) is 23.7. The van der Waals surface area contributed by atoms with Gasteiger partial charge in [0.05, 0.1) is 18.7 Å². The second kappa shape index (κ2) is 9.11. The summed E-state index contributed by atoms with van der Waals surface area (Å²) < 4.78 is 10.7. The fraction of sp³-hybridized carbons (Fsp3) is 0.455. The van der Waals surface area contributed by atoms with Gasteiger partial charge in [0.15, 0.2) is 0 Å². The third kappa shape index (κ3) is 4.08. The van der Waals surface area contributed by atoms with Gasteiger partial charge in [0.25, 0.3) is 5.71 Å². The molecular formula is C22H27N5O3. The Morgan fingerprint density at radius 1 is 1.33 bits per heavy atom. The summed E-state index contributed by atoms with van der Waals surface area (Å²) >= 11 is 0. The first-order valence-corrected chi connectivity index (χ1v) is 10.4. The van der Waals surface area contributed by atoms with Gasteiger partial charge in [0, 0.05) is 19.6 Å². The monoisotopic (exact) mass is 409 g/mol. The van der Waals surface area contributed by atoms with Crippen LogP contribution in [0.2, 0.25) is 0 Å². The Morgan fingerprint density at radius 2 is 2.20 bits per heavy atom. The van der Waals surface area contributed by atoms with E-state index in [0.29, 0.717) is 18.8 Å². The fourth-order valence-electron chi connectivity index (χ4n) is 4.07. The van der Waals surface area contributed by atoms with E-state index in [1.165, 1.54) is 6.33 Å². The number of methoxy groups -OCH3 is 1. The number of fused-ring (bicyclic) bond motifs is 1. The zero-order valence-electron chi connectivity index (χ0n) is 17.4. The zero-order valence-corrected chi connectivity index (χ0v) is 17.4. The van der Waals surface area contributed by atoms with Crippen molar-refractivity contribution in [1.82, 2.24) is 20.4 Å². The number of benzene rings is 1. The van der Waals surface area contributed by atoms with E-state index in [-0.39, 0.29) is 11.8 Å². The molecule has 4 rings (SSSR count). The molecule has 1 fully saturated rings. The number of amides is 1. The number of anilines is 1. The lowest BCUT2D eigenvalue weighted by atomic mass is 9.96. The normalized spacial score (nSPS) is 16.6. The van der Waals surface area contributed by atoms with Crippen LogP contribution in [0.4, 0.5) is 5.82 Å². The van der Waals surface area contributed by atoms with Gasteiger partial charge in [-0.05, 0) is 37.3 Å². The van der Waals surface area contributed by atoms with E-state index < -0.39 is 0 Å². The number of rotatable bonds is 7. The number of carbonyl (C=O) groups excluding carboxylic acids is 1. The predicted octanol–water partition coefficient (Wildman–Crippen LogP) is 2.76. The van der Waals surface area contributed by atoms with Crippen molar-refractivity contribution in [2.45, 2.75) is 32.6 Å². The van der Waals surface area contributed by atoms with Crippen molar-refractivity contribution in [3.63, 3.8) is 0 Å². The quantitative estimate of drug-likeness (QED) is 0.641. The van der Waals surface area contributed by atoms with Gasteiger partial charge in [0.1, 0.15) is 23.3 Å². The zero-order chi connectivity index (χ0) is 20.9. The fourth-order valence-corrected chi connectivity index (χ4v) is 4.07. The van der Waals surface area contributed by atoms with Crippen LogP contribution in [0.3, 0.4) is 0 Å². The first kappa shape index (κ1) is 20.1. The van der Waals surface area contributed by atoms with Crippen molar-refractivity contribution in [1.29, 1.82) is 0 Å². The smallest absolute Gasteiger partial charge is 0.263 e. The number of para-hydroxylation sites is 1. The van der Waals surface area contributed by atoms with Gasteiger partial charge < -0.3 is 19.5 Å². The maximum atomic E-state index is 12.8. The van der Waals surface area contributed by atoms with E-state index in [1.807, 2.05) is 31.2 Å². The highest BCUT2D eigenvalue weighted by Gasteiger charge is 2.28. The molecule has 2 aromatic heterocycles. The topological polar surface area (TPSA) is 93.4 Å². The molecular weight excluding hydrogens is 382 g/mol. The summed E-state index contributed by atoms with van der Waals surface area (Å²) in [5.41, 5.74) is 2.44. The van der Waals surface area contributed by atoms with Gasteiger partial charge in [-0.3, -0.25) is 4.79 Å². The molecule has 0 unspecified atom stereocenters. The molecule has 1 aromatic carbocycles. The first-order chi connectivity index (χ1) is 14.7.